The van der Waals surface area contributed by atoms with Crippen LogP contribution in [0.3, 0.4) is 0 Å². The fourth-order valence-electron chi connectivity index (χ4n) is 3.04. The number of fused-ring (bicyclic) bond motifs is 1. The van der Waals surface area contributed by atoms with Crippen LogP contribution in [0.4, 0.5) is 4.39 Å². The summed E-state index contributed by atoms with van der Waals surface area (Å²) in [6, 6.07) is 12.3. The minimum Gasteiger partial charge on any atom is -0.391 e. The average Bonchev–Trinajstić information content (AvgIpc) is 2.75. The Balaban J connectivity index is 2.55. The molecule has 0 spiro atoms. The fraction of sp³-hybridized carbons (Fsp3) is 0.286. The van der Waals surface area contributed by atoms with Crippen LogP contribution in [0, 0.1) is 11.2 Å². The predicted molar refractivity (Wildman–Crippen MR) is 109 cm³/mol. The molecule has 0 saturated carbocycles. The molecule has 7 nitrogen and oxygen atoms in total. The van der Waals surface area contributed by atoms with Gasteiger partial charge in [0.15, 0.2) is 0 Å². The molecule has 0 aliphatic rings. The van der Waals surface area contributed by atoms with Gasteiger partial charge in [-0.3, -0.25) is 14.2 Å². The second-order valence-electron chi connectivity index (χ2n) is 7.86. The number of nitrogens with two attached hydrogens (primary N) is 1. The largest absolute Gasteiger partial charge is 0.391 e. The van der Waals surface area contributed by atoms with Gasteiger partial charge in [0.05, 0.1) is 29.4 Å². The van der Waals surface area contributed by atoms with Gasteiger partial charge in [0.25, 0.3) is 11.1 Å². The zero-order valence-corrected chi connectivity index (χ0v) is 16.5. The first kappa shape index (κ1) is 20.5. The van der Waals surface area contributed by atoms with Crippen molar-refractivity contribution in [2.75, 3.05) is 0 Å². The molecule has 8 heteroatoms. The minimum absolute atomic E-state index is 0.0304. The summed E-state index contributed by atoms with van der Waals surface area (Å²) in [5, 5.41) is 13.5. The van der Waals surface area contributed by atoms with Gasteiger partial charge < -0.3 is 15.5 Å². The molecule has 0 radical (unpaired) electrons. The molecule has 2 aromatic carbocycles. The predicted octanol–water partition coefficient (Wildman–Crippen LogP) is 1.47. The Bertz CT molecular complexity index is 1260. The highest BCUT2D eigenvalue weighted by molar-refractivity contribution is 5.76. The van der Waals surface area contributed by atoms with Crippen molar-refractivity contribution in [3.63, 3.8) is 0 Å². The van der Waals surface area contributed by atoms with E-state index >= 15 is 0 Å². The summed E-state index contributed by atoms with van der Waals surface area (Å²) in [5.74, 6) is 4.75. The molecule has 3 rings (SSSR count). The van der Waals surface area contributed by atoms with Gasteiger partial charge in [-0.05, 0) is 29.7 Å². The molecule has 1 aromatic heterocycles. The van der Waals surface area contributed by atoms with Gasteiger partial charge in [0, 0.05) is 0 Å². The number of hydrogen-bond donors (Lipinski definition) is 2. The summed E-state index contributed by atoms with van der Waals surface area (Å²) >= 11 is 0. The van der Waals surface area contributed by atoms with E-state index in [9.17, 15) is 19.1 Å². The molecule has 152 valence electrons. The maximum absolute atomic E-state index is 14.6. The number of hydrogen-bond acceptors (Lipinski definition) is 5. The Morgan fingerprint density at radius 3 is 2.21 bits per heavy atom. The Morgan fingerprint density at radius 1 is 1.03 bits per heavy atom. The molecule has 0 fully saturated rings. The quantitative estimate of drug-likeness (QED) is 0.515. The Hall–Kier alpha value is -3.26. The molecular formula is C21H23FN4O3. The topological polar surface area (TPSA) is 103 Å². The van der Waals surface area contributed by atoms with Gasteiger partial charge in [-0.15, -0.1) is 0 Å². The smallest absolute Gasteiger partial charge is 0.289 e. The van der Waals surface area contributed by atoms with Gasteiger partial charge >= 0.3 is 0 Å². The van der Waals surface area contributed by atoms with Crippen LogP contribution in [0.15, 0.2) is 63.2 Å². The van der Waals surface area contributed by atoms with Crippen LogP contribution in [0.5, 0.6) is 0 Å². The van der Waals surface area contributed by atoms with Crippen LogP contribution in [-0.4, -0.2) is 20.3 Å². The zero-order chi connectivity index (χ0) is 21.3. The molecule has 3 aromatic rings. The van der Waals surface area contributed by atoms with E-state index in [1.807, 2.05) is 20.8 Å². The van der Waals surface area contributed by atoms with E-state index in [2.05, 4.69) is 5.10 Å². The van der Waals surface area contributed by atoms with E-state index in [1.165, 1.54) is 22.8 Å². The molecule has 3 N–H and O–H groups in total. The van der Waals surface area contributed by atoms with Gasteiger partial charge in [-0.1, -0.05) is 45.0 Å². The fourth-order valence-corrected chi connectivity index (χ4v) is 3.04. The maximum Gasteiger partial charge on any atom is 0.289 e. The molecule has 29 heavy (non-hydrogen) atoms. The van der Waals surface area contributed by atoms with E-state index in [1.54, 1.807) is 30.3 Å². The number of aliphatic hydroxyl groups is 1. The number of aromatic nitrogens is 2. The number of para-hydroxylation sites is 3. The highest BCUT2D eigenvalue weighted by Crippen LogP contribution is 2.22. The molecule has 0 bridgehead atoms. The average molecular weight is 398 g/mol. The molecular weight excluding hydrogens is 375 g/mol. The van der Waals surface area contributed by atoms with Crippen LogP contribution in [0.1, 0.15) is 20.8 Å². The Morgan fingerprint density at radius 2 is 1.62 bits per heavy atom. The van der Waals surface area contributed by atoms with E-state index in [0.717, 1.165) is 4.57 Å². The molecule has 0 saturated heterocycles. The molecule has 1 atom stereocenters. The van der Waals surface area contributed by atoms with E-state index in [0.29, 0.717) is 5.52 Å². The van der Waals surface area contributed by atoms with Crippen molar-refractivity contribution in [2.45, 2.75) is 33.4 Å². The van der Waals surface area contributed by atoms with Crippen LogP contribution < -0.4 is 22.3 Å². The molecule has 0 amide bonds. The summed E-state index contributed by atoms with van der Waals surface area (Å²) < 4.78 is 16.9. The van der Waals surface area contributed by atoms with Crippen molar-refractivity contribution >= 4 is 11.0 Å². The third-order valence-electron chi connectivity index (χ3n) is 4.84. The first-order valence-electron chi connectivity index (χ1n) is 9.12. The molecule has 1 unspecified atom stereocenters. The summed E-state index contributed by atoms with van der Waals surface area (Å²) in [6.07, 6.45) is -0.895. The standard InChI is InChI=1S/C21H23FN4O3/c1-21(2,3)17(27)12-25-15-10-6-7-11-16(15)26(14-9-5-4-8-13(14)22)20(29)18(24-23)19(25)28/h4-11,17,27H,12,23H2,1-3H3. The molecule has 0 aliphatic carbocycles. The Labute approximate surface area is 166 Å². The summed E-state index contributed by atoms with van der Waals surface area (Å²) in [5.41, 5.74) is -1.52. The highest BCUT2D eigenvalue weighted by atomic mass is 19.1. The van der Waals surface area contributed by atoms with Crippen LogP contribution in [0.25, 0.3) is 16.7 Å². The van der Waals surface area contributed by atoms with Gasteiger partial charge in [0.1, 0.15) is 5.82 Å². The summed E-state index contributed by atoms with van der Waals surface area (Å²) in [6.45, 7) is 5.42. The van der Waals surface area contributed by atoms with E-state index < -0.39 is 33.8 Å². The lowest BCUT2D eigenvalue weighted by Gasteiger charge is -2.26. The second kappa shape index (κ2) is 7.63. The van der Waals surface area contributed by atoms with Crippen molar-refractivity contribution in [1.29, 1.82) is 0 Å². The lowest BCUT2D eigenvalue weighted by Crippen LogP contribution is -2.46. The van der Waals surface area contributed by atoms with Crippen molar-refractivity contribution in [3.8, 4) is 5.69 Å². The second-order valence-corrected chi connectivity index (χ2v) is 7.86. The Kier molecular flexibility index (Phi) is 5.39. The number of aliphatic hydroxyl groups excluding tert-OH is 1. The molecule has 0 aliphatic heterocycles. The van der Waals surface area contributed by atoms with Gasteiger partial charge in [-0.25, -0.2) is 4.39 Å². The SMILES string of the molecule is CC(C)(C)C(O)Cn1c(=O)c(=NN)c(=O)n(-c2ccccc2F)c2ccccc21. The van der Waals surface area contributed by atoms with Crippen LogP contribution in [0.2, 0.25) is 0 Å². The normalized spacial score (nSPS) is 13.6. The van der Waals surface area contributed by atoms with Crippen molar-refractivity contribution in [2.24, 2.45) is 16.4 Å². The maximum atomic E-state index is 14.6. The highest BCUT2D eigenvalue weighted by Gasteiger charge is 2.24. The van der Waals surface area contributed by atoms with Crippen LogP contribution >= 0.6 is 0 Å². The van der Waals surface area contributed by atoms with Crippen LogP contribution in [-0.2, 0) is 6.54 Å². The first-order chi connectivity index (χ1) is 13.7. The number of rotatable bonds is 3. The van der Waals surface area contributed by atoms with Crippen molar-refractivity contribution in [1.82, 2.24) is 9.13 Å². The van der Waals surface area contributed by atoms with Crippen molar-refractivity contribution in [3.05, 3.63) is 80.4 Å². The van der Waals surface area contributed by atoms with Gasteiger partial charge in [0.2, 0.25) is 5.36 Å². The van der Waals surface area contributed by atoms with E-state index in [-0.39, 0.29) is 17.7 Å². The number of halogens is 1. The summed E-state index contributed by atoms with van der Waals surface area (Å²) in [4.78, 5) is 26.3. The van der Waals surface area contributed by atoms with Gasteiger partial charge in [-0.2, -0.15) is 5.10 Å². The monoisotopic (exact) mass is 398 g/mol. The zero-order valence-electron chi connectivity index (χ0n) is 16.5. The minimum atomic E-state index is -0.895. The third kappa shape index (κ3) is 3.71. The van der Waals surface area contributed by atoms with Crippen molar-refractivity contribution < 1.29 is 9.50 Å². The number of nitrogens with zero attached hydrogens (tertiary/aromatic N) is 3. The third-order valence-corrected chi connectivity index (χ3v) is 4.84. The lowest BCUT2D eigenvalue weighted by molar-refractivity contribution is 0.0483. The van der Waals surface area contributed by atoms with E-state index in [4.69, 9.17) is 5.84 Å². The first-order valence-corrected chi connectivity index (χ1v) is 9.12. The summed E-state index contributed by atoms with van der Waals surface area (Å²) in [7, 11) is 0. The number of benzene rings is 2. The lowest BCUT2D eigenvalue weighted by atomic mass is 9.89. The molecule has 1 heterocycles.